The molecular weight excluding hydrogens is 579 g/mol. The minimum Gasteiger partial charge on any atom is -0.370 e. The number of aromatic nitrogens is 1. The summed E-state index contributed by atoms with van der Waals surface area (Å²) in [6.07, 6.45) is 8.28. The highest BCUT2D eigenvalue weighted by Crippen LogP contribution is 2.31. The van der Waals surface area contributed by atoms with Crippen LogP contribution in [0.5, 0.6) is 0 Å². The fourth-order valence-electron chi connectivity index (χ4n) is 6.22. The molecular formula is C33H44ClFN8O. The van der Waals surface area contributed by atoms with Gasteiger partial charge in [0.2, 0.25) is 6.35 Å². The zero-order valence-corrected chi connectivity index (χ0v) is 26.2. The molecule has 0 bridgehead atoms. The van der Waals surface area contributed by atoms with Gasteiger partial charge in [0.25, 0.3) is 0 Å². The smallest absolute Gasteiger partial charge is 0.231 e. The van der Waals surface area contributed by atoms with Crippen LogP contribution in [0, 0.1) is 5.82 Å². The van der Waals surface area contributed by atoms with Crippen molar-refractivity contribution in [1.82, 2.24) is 10.3 Å². The molecule has 5 rings (SSSR count). The molecule has 0 saturated carbocycles. The second-order valence-electron chi connectivity index (χ2n) is 12.1. The first-order valence-electron chi connectivity index (χ1n) is 15.5. The number of benzene rings is 2. The molecule has 2 aromatic carbocycles. The lowest BCUT2D eigenvalue weighted by Gasteiger charge is -2.33. The molecule has 1 aromatic heterocycles. The summed E-state index contributed by atoms with van der Waals surface area (Å²) < 4.78 is 15.2. The average molecular weight is 623 g/mol. The van der Waals surface area contributed by atoms with Gasteiger partial charge >= 0.3 is 0 Å². The molecule has 0 spiro atoms. The normalized spacial score (nSPS) is 21.1. The lowest BCUT2D eigenvalue weighted by molar-refractivity contribution is 0.186. The molecule has 1 fully saturated rings. The van der Waals surface area contributed by atoms with Crippen LogP contribution >= 0.6 is 11.6 Å². The topological polar surface area (TPSA) is 154 Å². The van der Waals surface area contributed by atoms with Crippen molar-refractivity contribution in [2.45, 2.75) is 95.7 Å². The fraction of sp³-hybridized carbons (Fsp3) is 0.455. The lowest BCUT2D eigenvalue weighted by atomic mass is 9.90. The van der Waals surface area contributed by atoms with Gasteiger partial charge in [-0.15, -0.1) is 0 Å². The number of rotatable bonds is 11. The average Bonchev–Trinajstić information content (AvgIpc) is 3.40. The van der Waals surface area contributed by atoms with Gasteiger partial charge in [-0.2, -0.15) is 0 Å². The minimum absolute atomic E-state index is 0.0752. The van der Waals surface area contributed by atoms with E-state index in [1.54, 1.807) is 11.0 Å². The van der Waals surface area contributed by atoms with Gasteiger partial charge in [0.1, 0.15) is 5.49 Å². The molecule has 236 valence electrons. The molecule has 44 heavy (non-hydrogen) atoms. The molecule has 0 radical (unpaired) electrons. The van der Waals surface area contributed by atoms with Gasteiger partial charge in [0, 0.05) is 40.8 Å². The Morgan fingerprint density at radius 3 is 2.68 bits per heavy atom. The van der Waals surface area contributed by atoms with Crippen LogP contribution in [0.4, 0.5) is 10.1 Å². The van der Waals surface area contributed by atoms with E-state index in [1.807, 2.05) is 37.4 Å². The van der Waals surface area contributed by atoms with Gasteiger partial charge in [-0.3, -0.25) is 4.99 Å². The van der Waals surface area contributed by atoms with Crippen LogP contribution in [-0.2, 0) is 6.42 Å². The number of nitrogens with two attached hydrogens (primary N) is 3. The number of hydrogen-bond acceptors (Lipinski definition) is 6. The third-order valence-electron chi connectivity index (χ3n) is 8.54. The number of aliphatic hydroxyl groups is 1. The summed E-state index contributed by atoms with van der Waals surface area (Å²) in [4.78, 5) is 13.7. The maximum Gasteiger partial charge on any atom is 0.231 e. The molecule has 3 aromatic rings. The molecule has 5 atom stereocenters. The highest BCUT2D eigenvalue weighted by molar-refractivity contribution is 6.31. The number of anilines is 1. The number of aliphatic hydroxyl groups excluding tert-OH is 1. The zero-order valence-electron chi connectivity index (χ0n) is 25.4. The second-order valence-corrected chi connectivity index (χ2v) is 12.5. The van der Waals surface area contributed by atoms with Crippen LogP contribution in [0.25, 0.3) is 17.5 Å². The van der Waals surface area contributed by atoms with Gasteiger partial charge in [0.05, 0.1) is 16.8 Å². The standard InChI is InChI=1S/C33H44ClFN8O/c1-3-23(40-32(37)38)17-24-8-5-9-28(39-24)21-10-12-25(13-11-21)43-18-22-16-29(41-31(22)42-33(43)44)26-14-20(7-4-6-19(2)36)15-27(34)30(26)35/h10-16,18-19,23-24,28,33,39,44H,3-9,17,36H2,1-2H3,(H,41,42)(H4,37,38,40)/t19-,23+,24-,28-,33?/m0/s1. The summed E-state index contributed by atoms with van der Waals surface area (Å²) in [6, 6.07) is 14.3. The van der Waals surface area contributed by atoms with E-state index in [0.29, 0.717) is 22.8 Å². The number of aryl methyl sites for hydroxylation is 1. The highest BCUT2D eigenvalue weighted by Gasteiger charge is 2.25. The molecule has 3 heterocycles. The number of H-pyrrole nitrogens is 1. The number of aliphatic imine (C=N–C) groups is 1. The Morgan fingerprint density at radius 1 is 1.20 bits per heavy atom. The van der Waals surface area contributed by atoms with Gasteiger partial charge < -0.3 is 37.5 Å². The van der Waals surface area contributed by atoms with Crippen molar-refractivity contribution < 1.29 is 9.50 Å². The fourth-order valence-corrected chi connectivity index (χ4v) is 6.46. The van der Waals surface area contributed by atoms with Gasteiger partial charge in [-0.05, 0) is 93.3 Å². The molecule has 0 amide bonds. The maximum atomic E-state index is 15.2. The molecule has 1 saturated heterocycles. The van der Waals surface area contributed by atoms with Gasteiger partial charge in [-0.1, -0.05) is 37.1 Å². The van der Waals surface area contributed by atoms with Crippen LogP contribution in [0.3, 0.4) is 0 Å². The van der Waals surface area contributed by atoms with Gasteiger partial charge in [-0.25, -0.2) is 9.38 Å². The van der Waals surface area contributed by atoms with Crippen molar-refractivity contribution >= 4 is 29.4 Å². The number of nitrogens with one attached hydrogen (secondary N) is 2. The number of fused-ring (bicyclic) bond motifs is 1. The van der Waals surface area contributed by atoms with Crippen molar-refractivity contribution in [2.75, 3.05) is 4.90 Å². The second kappa shape index (κ2) is 14.1. The van der Waals surface area contributed by atoms with E-state index in [9.17, 15) is 5.11 Å². The molecule has 0 aliphatic carbocycles. The van der Waals surface area contributed by atoms with E-state index >= 15 is 4.39 Å². The van der Waals surface area contributed by atoms with Crippen molar-refractivity contribution in [2.24, 2.45) is 27.2 Å². The van der Waals surface area contributed by atoms with Crippen molar-refractivity contribution in [3.63, 3.8) is 0 Å². The van der Waals surface area contributed by atoms with Crippen LogP contribution in [0.1, 0.15) is 76.0 Å². The van der Waals surface area contributed by atoms with E-state index in [-0.39, 0.29) is 29.1 Å². The third-order valence-corrected chi connectivity index (χ3v) is 8.81. The van der Waals surface area contributed by atoms with Crippen LogP contribution < -0.4 is 38.1 Å². The molecule has 9 nitrogen and oxygen atoms in total. The van der Waals surface area contributed by atoms with E-state index in [4.69, 9.17) is 28.8 Å². The number of halogens is 2. The summed E-state index contributed by atoms with van der Waals surface area (Å²) in [5.74, 6) is -0.352. The SMILES string of the molecule is CC[C@H](C[C@@H]1CCC[C@@H](c2ccc(N3C=c4cc(-c5cc(CCC[C@H](C)N)cc(Cl)c5F)[nH]c4=NC3O)cc2)N1)N=C(N)N. The molecule has 11 heteroatoms. The Labute approximate surface area is 263 Å². The number of guanidine groups is 1. The van der Waals surface area contributed by atoms with Crippen LogP contribution in [0.15, 0.2) is 52.4 Å². The highest BCUT2D eigenvalue weighted by atomic mass is 35.5. The maximum absolute atomic E-state index is 15.2. The zero-order chi connectivity index (χ0) is 31.4. The Kier molecular flexibility index (Phi) is 10.3. The predicted molar refractivity (Wildman–Crippen MR) is 176 cm³/mol. The van der Waals surface area contributed by atoms with Crippen molar-refractivity contribution in [3.8, 4) is 11.3 Å². The predicted octanol–water partition coefficient (Wildman–Crippen LogP) is 3.92. The molecule has 1 unspecified atom stereocenters. The van der Waals surface area contributed by atoms with Crippen molar-refractivity contribution in [1.29, 1.82) is 0 Å². The van der Waals surface area contributed by atoms with E-state index in [2.05, 4.69) is 39.3 Å². The quantitative estimate of drug-likeness (QED) is 0.141. The summed E-state index contributed by atoms with van der Waals surface area (Å²) in [7, 11) is 0. The summed E-state index contributed by atoms with van der Waals surface area (Å²) in [6.45, 7) is 4.08. The Morgan fingerprint density at radius 2 is 1.98 bits per heavy atom. The van der Waals surface area contributed by atoms with E-state index in [0.717, 1.165) is 67.8 Å². The third kappa shape index (κ3) is 7.61. The number of piperidine rings is 1. The Bertz CT molecular complexity index is 1580. The summed E-state index contributed by atoms with van der Waals surface area (Å²) in [5.41, 5.74) is 21.5. The first-order chi connectivity index (χ1) is 21.1. The monoisotopic (exact) mass is 622 g/mol. The Hall–Kier alpha value is -3.44. The van der Waals surface area contributed by atoms with Gasteiger partial charge in [0.15, 0.2) is 11.8 Å². The first-order valence-corrected chi connectivity index (χ1v) is 15.9. The number of nitrogens with zero attached hydrogens (tertiary/aromatic N) is 3. The number of hydrogen-bond donors (Lipinski definition) is 6. The van der Waals surface area contributed by atoms with E-state index < -0.39 is 12.2 Å². The Balaban J connectivity index is 1.32. The van der Waals surface area contributed by atoms with Crippen LogP contribution in [-0.4, -0.2) is 40.5 Å². The minimum atomic E-state index is -1.13. The lowest BCUT2D eigenvalue weighted by Crippen LogP contribution is -2.41. The summed E-state index contributed by atoms with van der Waals surface area (Å²) in [5, 5.41) is 15.5. The van der Waals surface area contributed by atoms with Crippen LogP contribution in [0.2, 0.25) is 5.02 Å². The molecule has 2 aliphatic rings. The van der Waals surface area contributed by atoms with Crippen molar-refractivity contribution in [3.05, 3.63) is 75.1 Å². The molecule has 2 aliphatic heterocycles. The van der Waals surface area contributed by atoms with E-state index in [1.165, 1.54) is 5.56 Å². The largest absolute Gasteiger partial charge is 0.370 e. The molecule has 9 N–H and O–H groups in total. The first kappa shape index (κ1) is 32.0. The summed E-state index contributed by atoms with van der Waals surface area (Å²) >= 11 is 6.28. The number of aromatic amines is 1.